The molecule has 0 radical (unpaired) electrons. The van der Waals surface area contributed by atoms with E-state index in [1.807, 2.05) is 66.8 Å². The van der Waals surface area contributed by atoms with Crippen LogP contribution >= 0.6 is 0 Å². The van der Waals surface area contributed by atoms with Gasteiger partial charge < -0.3 is 0 Å². The molecule has 9 aromatic carbocycles. The molecular formula is C78H81N. The molecule has 79 heavy (non-hydrogen) atoms. The molecule has 10 aromatic rings. The Balaban J connectivity index is 0.000000181. The molecule has 0 spiro atoms. The number of benzene rings is 9. The van der Waals surface area contributed by atoms with Gasteiger partial charge in [0.15, 0.2) is 0 Å². The summed E-state index contributed by atoms with van der Waals surface area (Å²) >= 11 is 0. The zero-order chi connectivity index (χ0) is 56.9. The van der Waals surface area contributed by atoms with Crippen molar-refractivity contribution in [3.8, 4) is 44.5 Å². The van der Waals surface area contributed by atoms with Gasteiger partial charge in [-0.05, 0) is 162 Å². The summed E-state index contributed by atoms with van der Waals surface area (Å²) in [6.07, 6.45) is 5.74. The van der Waals surface area contributed by atoms with E-state index in [0.29, 0.717) is 0 Å². The average Bonchev–Trinajstić information content (AvgIpc) is 3.43. The number of allylic oxidation sites excluding steroid dienone is 3. The number of pyridine rings is 1. The number of rotatable bonds is 8. The number of fused-ring (bicyclic) bond motifs is 3. The maximum Gasteiger partial charge on any atom is 0.0773 e. The van der Waals surface area contributed by atoms with E-state index >= 15 is 0 Å². The first-order valence-corrected chi connectivity index (χ1v) is 28.0. The molecule has 0 fully saturated rings. The van der Waals surface area contributed by atoms with Crippen LogP contribution in [0.15, 0.2) is 262 Å². The lowest BCUT2D eigenvalue weighted by Gasteiger charge is -2.34. The average molecular weight is 1030 g/mol. The van der Waals surface area contributed by atoms with E-state index in [4.69, 9.17) is 0 Å². The molecule has 0 saturated heterocycles. The fraction of sp³-hybridized carbons (Fsp3) is 0.167. The second-order valence-electron chi connectivity index (χ2n) is 19.7. The summed E-state index contributed by atoms with van der Waals surface area (Å²) in [5, 5.41) is 0. The second-order valence-corrected chi connectivity index (χ2v) is 19.7. The van der Waals surface area contributed by atoms with Crippen molar-refractivity contribution in [1.82, 2.24) is 4.98 Å². The van der Waals surface area contributed by atoms with Gasteiger partial charge in [0.25, 0.3) is 0 Å². The summed E-state index contributed by atoms with van der Waals surface area (Å²) in [6.45, 7) is 32.5. The van der Waals surface area contributed by atoms with Gasteiger partial charge in [0.1, 0.15) is 0 Å². The third kappa shape index (κ3) is 14.3. The highest BCUT2D eigenvalue weighted by Gasteiger charge is 2.46. The fourth-order valence-corrected chi connectivity index (χ4v) is 10.2. The molecule has 0 saturated carbocycles. The van der Waals surface area contributed by atoms with Crippen LogP contribution in [0.5, 0.6) is 0 Å². The van der Waals surface area contributed by atoms with Gasteiger partial charge in [-0.1, -0.05) is 288 Å². The van der Waals surface area contributed by atoms with Crippen molar-refractivity contribution in [3.63, 3.8) is 0 Å². The fourth-order valence-electron chi connectivity index (χ4n) is 10.2. The van der Waals surface area contributed by atoms with E-state index in [1.54, 1.807) is 0 Å². The molecular weight excluding hydrogens is 951 g/mol. The maximum atomic E-state index is 4.44. The number of aromatic nitrogens is 1. The Morgan fingerprint density at radius 3 is 1.24 bits per heavy atom. The summed E-state index contributed by atoms with van der Waals surface area (Å²) in [6, 6.07) is 83.0. The Labute approximate surface area is 475 Å². The van der Waals surface area contributed by atoms with E-state index in [9.17, 15) is 0 Å². The van der Waals surface area contributed by atoms with Crippen molar-refractivity contribution in [1.29, 1.82) is 0 Å². The third-order valence-corrected chi connectivity index (χ3v) is 14.1. The predicted molar refractivity (Wildman–Crippen MR) is 347 cm³/mol. The van der Waals surface area contributed by atoms with E-state index < -0.39 is 0 Å². The Hall–Kier alpha value is -8.65. The molecule has 398 valence electrons. The van der Waals surface area contributed by atoms with Crippen LogP contribution in [0.3, 0.4) is 0 Å². The minimum absolute atomic E-state index is 0.343. The van der Waals surface area contributed by atoms with Gasteiger partial charge in [-0.15, -0.1) is 0 Å². The standard InChI is InChI=1S/C32H24.C14H17N.2C14H14.2C2H6/c1-23-17-19-28-29-20-18-25(24-11-5-2-6-12-24)22-31(29)32(30(28)21-23,26-13-7-3-8-14-26)27-15-9-4-10-16-27;1-6-12-8-11(5)9-15-14(12)13(7-2)10(3)4;1-11-3-7-13(8-4-11)14-9-5-12(2)6-10-14;1-11-7-3-5-9-13(11)14-10-6-4-8-12(14)2;2*1-2/h2-22H,1H3;6-9H,1,3H2,2,4-5H3;2*3-10H,1-2H3;2*1-2H3/b;13-7+;;;;. The first-order valence-electron chi connectivity index (χ1n) is 28.0. The number of aryl methyl sites for hydroxylation is 6. The molecule has 1 aliphatic rings. The molecule has 11 rings (SSSR count). The lowest BCUT2D eigenvalue weighted by Crippen LogP contribution is -2.28. The van der Waals surface area contributed by atoms with E-state index in [1.165, 1.54) is 94.6 Å². The molecule has 0 unspecified atom stereocenters. The molecule has 1 nitrogen and oxygen atoms in total. The van der Waals surface area contributed by atoms with E-state index in [0.717, 1.165) is 28.0 Å². The van der Waals surface area contributed by atoms with Crippen molar-refractivity contribution in [2.45, 2.75) is 88.5 Å². The molecule has 0 bridgehead atoms. The molecule has 0 atom stereocenters. The molecule has 0 amide bonds. The SMILES string of the molecule is C=Cc1cc(C)cnc1/C(=C/C)C(=C)C.CC.CC.Cc1ccc(-c2ccc(C)cc2)cc1.Cc1ccc2c(c1)C(c1ccccc1)(c1ccccc1)c1cc(-c3ccccc3)ccc1-2.Cc1ccccc1-c1ccccc1C. The van der Waals surface area contributed by atoms with Gasteiger partial charge in [-0.25, -0.2) is 0 Å². The van der Waals surface area contributed by atoms with Gasteiger partial charge >= 0.3 is 0 Å². The molecule has 1 heterocycles. The summed E-state index contributed by atoms with van der Waals surface area (Å²) in [5.74, 6) is 0. The Bertz CT molecular complexity index is 3430. The molecule has 1 heteroatoms. The van der Waals surface area contributed by atoms with Crippen LogP contribution in [0.2, 0.25) is 0 Å². The first kappa shape index (κ1) is 59.6. The number of nitrogens with zero attached hydrogens (tertiary/aromatic N) is 1. The van der Waals surface area contributed by atoms with Crippen LogP contribution in [-0.2, 0) is 5.41 Å². The van der Waals surface area contributed by atoms with Crippen LogP contribution < -0.4 is 0 Å². The normalized spacial score (nSPS) is 11.3. The smallest absolute Gasteiger partial charge is 0.0773 e. The summed E-state index contributed by atoms with van der Waals surface area (Å²) in [7, 11) is 0. The summed E-state index contributed by atoms with van der Waals surface area (Å²) in [4.78, 5) is 4.44. The van der Waals surface area contributed by atoms with Gasteiger partial charge in [-0.3, -0.25) is 4.98 Å². The monoisotopic (exact) mass is 1030 g/mol. The number of hydrogen-bond donors (Lipinski definition) is 0. The van der Waals surface area contributed by atoms with Crippen LogP contribution in [0.25, 0.3) is 56.2 Å². The largest absolute Gasteiger partial charge is 0.255 e. The van der Waals surface area contributed by atoms with Crippen LogP contribution in [0.1, 0.15) is 108 Å². The summed E-state index contributed by atoms with van der Waals surface area (Å²) in [5.41, 5.74) is 27.3. The highest BCUT2D eigenvalue weighted by atomic mass is 14.7. The second kappa shape index (κ2) is 29.2. The topological polar surface area (TPSA) is 12.9 Å². The zero-order valence-corrected chi connectivity index (χ0v) is 49.0. The minimum atomic E-state index is -0.343. The van der Waals surface area contributed by atoms with Crippen molar-refractivity contribution < 1.29 is 0 Å². The lowest BCUT2D eigenvalue weighted by atomic mass is 9.67. The van der Waals surface area contributed by atoms with Gasteiger partial charge in [0.2, 0.25) is 0 Å². The number of hydrogen-bond acceptors (Lipinski definition) is 1. The predicted octanol–water partition coefficient (Wildman–Crippen LogP) is 22.0. The Kier molecular flexibility index (Phi) is 22.0. The minimum Gasteiger partial charge on any atom is -0.255 e. The van der Waals surface area contributed by atoms with Crippen molar-refractivity contribution >= 4 is 11.6 Å². The molecule has 1 aromatic heterocycles. The Morgan fingerprint density at radius 1 is 0.405 bits per heavy atom. The molecule has 0 aliphatic heterocycles. The van der Waals surface area contributed by atoms with Crippen molar-refractivity contribution in [2.75, 3.05) is 0 Å². The zero-order valence-electron chi connectivity index (χ0n) is 49.0. The van der Waals surface area contributed by atoms with E-state index in [2.05, 4.69) is 283 Å². The van der Waals surface area contributed by atoms with Crippen LogP contribution in [0, 0.1) is 41.5 Å². The lowest BCUT2D eigenvalue weighted by molar-refractivity contribution is 0.768. The quantitative estimate of drug-likeness (QED) is 0.138. The highest BCUT2D eigenvalue weighted by molar-refractivity contribution is 5.89. The van der Waals surface area contributed by atoms with E-state index in [-0.39, 0.29) is 5.41 Å². The van der Waals surface area contributed by atoms with Crippen LogP contribution in [0.4, 0.5) is 0 Å². The molecule has 1 aliphatic carbocycles. The first-order chi connectivity index (χ1) is 38.4. The van der Waals surface area contributed by atoms with Crippen molar-refractivity contribution in [3.05, 3.63) is 328 Å². The van der Waals surface area contributed by atoms with Gasteiger partial charge in [0.05, 0.1) is 11.1 Å². The van der Waals surface area contributed by atoms with Crippen LogP contribution in [-0.4, -0.2) is 4.98 Å². The van der Waals surface area contributed by atoms with Crippen molar-refractivity contribution in [2.24, 2.45) is 0 Å². The van der Waals surface area contributed by atoms with Gasteiger partial charge in [-0.2, -0.15) is 0 Å². The highest BCUT2D eigenvalue weighted by Crippen LogP contribution is 2.57. The van der Waals surface area contributed by atoms with Gasteiger partial charge in [0, 0.05) is 11.8 Å². The Morgan fingerprint density at radius 2 is 0.797 bits per heavy atom. The molecule has 0 N–H and O–H groups in total. The third-order valence-electron chi connectivity index (χ3n) is 14.1. The summed E-state index contributed by atoms with van der Waals surface area (Å²) < 4.78 is 0. The maximum absolute atomic E-state index is 4.44.